The summed E-state index contributed by atoms with van der Waals surface area (Å²) in [4.78, 5) is 4.92. The van der Waals surface area contributed by atoms with Gasteiger partial charge in [0.1, 0.15) is 0 Å². The molecule has 12 rings (SSSR count). The number of benzene rings is 8. The van der Waals surface area contributed by atoms with Crippen LogP contribution in [0, 0.1) is 23.7 Å². The molecule has 0 amide bonds. The van der Waals surface area contributed by atoms with E-state index in [1.807, 2.05) is 0 Å². The quantitative estimate of drug-likeness (QED) is 0.151. The van der Waals surface area contributed by atoms with Gasteiger partial charge >= 0.3 is 0 Å². The summed E-state index contributed by atoms with van der Waals surface area (Å²) in [5.74, 6) is 2.92. The minimum atomic E-state index is -0.0878. The lowest BCUT2D eigenvalue weighted by Crippen LogP contribution is -2.56. The Hall–Kier alpha value is -6.38. The third kappa shape index (κ3) is 5.75. The van der Waals surface area contributed by atoms with Gasteiger partial charge in [0.25, 0.3) is 0 Å². The molecule has 0 aromatic heterocycles. The average molecular weight is 803 g/mol. The van der Waals surface area contributed by atoms with E-state index in [9.17, 15) is 0 Å². The maximum Gasteiger partial charge on any atom is 0.0540 e. The molecule has 5 unspecified atom stereocenters. The fourth-order valence-corrected chi connectivity index (χ4v) is 13.2. The summed E-state index contributed by atoms with van der Waals surface area (Å²) in [6.45, 7) is 4.78. The molecule has 4 aliphatic rings. The number of hydrogen-bond acceptors (Lipinski definition) is 2. The summed E-state index contributed by atoms with van der Waals surface area (Å²) >= 11 is 0. The molecule has 0 N–H and O–H groups in total. The molecule has 0 aliphatic heterocycles. The first kappa shape index (κ1) is 37.4. The smallest absolute Gasteiger partial charge is 0.0540 e. The highest BCUT2D eigenvalue weighted by atomic mass is 15.1. The predicted octanol–water partition coefficient (Wildman–Crippen LogP) is 16.2. The first-order chi connectivity index (χ1) is 30.5. The van der Waals surface area contributed by atoms with Crippen molar-refractivity contribution in [2.45, 2.75) is 63.2 Å². The van der Waals surface area contributed by atoms with Crippen molar-refractivity contribution in [3.8, 4) is 11.1 Å². The van der Waals surface area contributed by atoms with Crippen molar-refractivity contribution in [1.82, 2.24) is 0 Å². The Morgan fingerprint density at radius 3 is 1.73 bits per heavy atom. The van der Waals surface area contributed by atoms with E-state index in [2.05, 4.69) is 218 Å². The Morgan fingerprint density at radius 1 is 0.435 bits per heavy atom. The third-order valence-corrected chi connectivity index (χ3v) is 15.9. The molecular formula is C60H54N2. The Labute approximate surface area is 367 Å². The fraction of sp³-hybridized carbons (Fsp3) is 0.233. The van der Waals surface area contributed by atoms with Crippen molar-refractivity contribution in [3.63, 3.8) is 0 Å². The molecule has 5 atom stereocenters. The van der Waals surface area contributed by atoms with Crippen LogP contribution in [0.15, 0.2) is 194 Å². The lowest BCUT2D eigenvalue weighted by molar-refractivity contribution is -0.0341. The van der Waals surface area contributed by atoms with Gasteiger partial charge in [0.15, 0.2) is 0 Å². The highest BCUT2D eigenvalue weighted by molar-refractivity contribution is 5.99. The van der Waals surface area contributed by atoms with Gasteiger partial charge < -0.3 is 9.80 Å². The van der Waals surface area contributed by atoms with Crippen LogP contribution in [-0.2, 0) is 10.8 Å². The predicted molar refractivity (Wildman–Crippen MR) is 260 cm³/mol. The normalized spacial score (nSPS) is 22.8. The molecule has 8 aromatic carbocycles. The maximum absolute atomic E-state index is 2.54. The lowest BCUT2D eigenvalue weighted by atomic mass is 9.42. The third-order valence-electron chi connectivity index (χ3n) is 15.9. The summed E-state index contributed by atoms with van der Waals surface area (Å²) in [5, 5.41) is 2.52. The summed E-state index contributed by atoms with van der Waals surface area (Å²) in [5.41, 5.74) is 15.6. The van der Waals surface area contributed by atoms with Crippen LogP contribution in [0.2, 0.25) is 0 Å². The molecule has 0 radical (unpaired) electrons. The number of para-hydroxylation sites is 2. The topological polar surface area (TPSA) is 6.48 Å². The van der Waals surface area contributed by atoms with E-state index >= 15 is 0 Å². The van der Waals surface area contributed by atoms with Crippen LogP contribution in [0.3, 0.4) is 0 Å². The molecule has 0 saturated heterocycles. The monoisotopic (exact) mass is 802 g/mol. The van der Waals surface area contributed by atoms with Crippen LogP contribution >= 0.6 is 0 Å². The molecule has 3 bridgehead atoms. The summed E-state index contributed by atoms with van der Waals surface area (Å²) in [7, 11) is 0. The van der Waals surface area contributed by atoms with E-state index in [1.165, 1.54) is 117 Å². The average Bonchev–Trinajstić information content (AvgIpc) is 3.55. The number of fused-ring (bicyclic) bond motifs is 6. The molecule has 304 valence electrons. The Bertz CT molecular complexity index is 2870. The van der Waals surface area contributed by atoms with Crippen LogP contribution in [0.5, 0.6) is 0 Å². The van der Waals surface area contributed by atoms with Crippen LogP contribution in [0.1, 0.15) is 74.6 Å². The molecule has 3 fully saturated rings. The van der Waals surface area contributed by atoms with E-state index in [0.29, 0.717) is 11.8 Å². The molecule has 0 heterocycles. The maximum atomic E-state index is 2.54. The van der Waals surface area contributed by atoms with E-state index < -0.39 is 0 Å². The molecule has 0 spiro atoms. The highest BCUT2D eigenvalue weighted by Gasteiger charge is 2.58. The van der Waals surface area contributed by atoms with Crippen molar-refractivity contribution in [2.75, 3.05) is 9.80 Å². The van der Waals surface area contributed by atoms with Crippen molar-refractivity contribution in [3.05, 3.63) is 216 Å². The second-order valence-electron chi connectivity index (χ2n) is 19.3. The van der Waals surface area contributed by atoms with E-state index in [0.717, 1.165) is 11.8 Å². The minimum absolute atomic E-state index is 0.0190. The van der Waals surface area contributed by atoms with E-state index in [1.54, 1.807) is 0 Å². The molecule has 4 aliphatic carbocycles. The molecule has 2 heteroatoms. The zero-order valence-electron chi connectivity index (χ0n) is 35.9. The van der Waals surface area contributed by atoms with Crippen LogP contribution < -0.4 is 9.80 Å². The van der Waals surface area contributed by atoms with Crippen molar-refractivity contribution < 1.29 is 0 Å². The summed E-state index contributed by atoms with van der Waals surface area (Å²) in [6.07, 6.45) is 8.17. The first-order valence-corrected chi connectivity index (χ1v) is 23.1. The molecular weight excluding hydrogens is 749 g/mol. The molecule has 2 nitrogen and oxygen atoms in total. The number of rotatable bonds is 8. The summed E-state index contributed by atoms with van der Waals surface area (Å²) < 4.78 is 0. The highest BCUT2D eigenvalue weighted by Crippen LogP contribution is 2.65. The van der Waals surface area contributed by atoms with Crippen molar-refractivity contribution >= 4 is 44.9 Å². The van der Waals surface area contributed by atoms with Gasteiger partial charge in [-0.25, -0.2) is 0 Å². The first-order valence-electron chi connectivity index (χ1n) is 23.1. The summed E-state index contributed by atoms with van der Waals surface area (Å²) in [6, 6.07) is 73.3. The van der Waals surface area contributed by atoms with Gasteiger partial charge in [-0.3, -0.25) is 0 Å². The van der Waals surface area contributed by atoms with Gasteiger partial charge in [0, 0.05) is 44.7 Å². The van der Waals surface area contributed by atoms with Crippen LogP contribution in [0.25, 0.3) is 21.9 Å². The van der Waals surface area contributed by atoms with Crippen LogP contribution in [0.4, 0.5) is 34.1 Å². The standard InChI is InChI=1S/C60H54N2/c1-59(2)55-22-12-11-21-53(55)54-37-36-51(40-57(54)59)62(58-23-13-15-42-14-9-10-20-52(42)58)50-34-30-45(31-35-50)60(46-27-26-43-25-24-41(38-46)39-56(43)60)44-28-32-49(33-29-44)61(47-16-5-3-6-17-47)48-18-7-4-8-19-48/h3-23,28-37,40-41,43,46,56H,24-27,38-39H2,1-2H3. The molecule has 62 heavy (non-hydrogen) atoms. The number of nitrogens with zero attached hydrogens (tertiary/aromatic N) is 2. The van der Waals surface area contributed by atoms with Crippen molar-refractivity contribution in [2.24, 2.45) is 23.7 Å². The second kappa shape index (κ2) is 14.6. The fourth-order valence-electron chi connectivity index (χ4n) is 13.2. The number of hydrogen-bond donors (Lipinski definition) is 0. The SMILES string of the molecule is CC1(C)c2ccccc2-c2ccc(N(c3ccc(C4(c5ccc(N(c6ccccc6)c6ccccc6)cc5)C5CCC6CCC(C5)CC64)cc3)c3cccc4ccccc34)cc21. The van der Waals surface area contributed by atoms with E-state index in [4.69, 9.17) is 0 Å². The Balaban J connectivity index is 0.995. The zero-order valence-corrected chi connectivity index (χ0v) is 35.9. The lowest BCUT2D eigenvalue weighted by Gasteiger charge is -2.61. The zero-order chi connectivity index (χ0) is 41.4. The molecule has 3 saturated carbocycles. The van der Waals surface area contributed by atoms with Gasteiger partial charge in [-0.15, -0.1) is 0 Å². The Kier molecular flexibility index (Phi) is 8.82. The second-order valence-corrected chi connectivity index (χ2v) is 19.3. The van der Waals surface area contributed by atoms with Gasteiger partial charge in [-0.2, -0.15) is 0 Å². The van der Waals surface area contributed by atoms with Gasteiger partial charge in [0.05, 0.1) is 5.69 Å². The van der Waals surface area contributed by atoms with Gasteiger partial charge in [-0.05, 0) is 161 Å². The van der Waals surface area contributed by atoms with Gasteiger partial charge in [-0.1, -0.05) is 148 Å². The van der Waals surface area contributed by atoms with Crippen LogP contribution in [-0.4, -0.2) is 0 Å². The van der Waals surface area contributed by atoms with Crippen molar-refractivity contribution in [1.29, 1.82) is 0 Å². The minimum Gasteiger partial charge on any atom is -0.311 e. The largest absolute Gasteiger partial charge is 0.311 e. The van der Waals surface area contributed by atoms with E-state index in [-0.39, 0.29) is 10.8 Å². The molecule has 8 aromatic rings. The van der Waals surface area contributed by atoms with Gasteiger partial charge in [0.2, 0.25) is 0 Å². The Morgan fingerprint density at radius 2 is 1.00 bits per heavy atom. The number of anilines is 6.